The van der Waals surface area contributed by atoms with Crippen LogP contribution in [0.3, 0.4) is 0 Å². The summed E-state index contributed by atoms with van der Waals surface area (Å²) in [6.45, 7) is 4.46. The second kappa shape index (κ2) is 5.25. The zero-order valence-electron chi connectivity index (χ0n) is 9.96. The van der Waals surface area contributed by atoms with Gasteiger partial charge in [0.1, 0.15) is 0 Å². The molecule has 0 nitrogen and oxygen atoms in total. The van der Waals surface area contributed by atoms with E-state index in [1.165, 1.54) is 38.5 Å². The third kappa shape index (κ3) is 2.33. The lowest BCUT2D eigenvalue weighted by Gasteiger charge is -2.17. The van der Waals surface area contributed by atoms with Gasteiger partial charge in [-0.2, -0.15) is 0 Å². The maximum absolute atomic E-state index is 2.33. The van der Waals surface area contributed by atoms with Crippen LogP contribution in [-0.2, 0) is 0 Å². The summed E-state index contributed by atoms with van der Waals surface area (Å²) >= 11 is 2.16. The monoisotopic (exact) mass is 222 g/mol. The van der Waals surface area contributed by atoms with Crippen molar-refractivity contribution in [2.24, 2.45) is 5.92 Å². The number of allylic oxidation sites excluding steroid dienone is 3. The van der Waals surface area contributed by atoms with Crippen LogP contribution in [0.1, 0.15) is 52.4 Å². The van der Waals surface area contributed by atoms with E-state index in [1.54, 1.807) is 10.5 Å². The first-order valence-electron chi connectivity index (χ1n) is 6.39. The highest BCUT2D eigenvalue weighted by atomic mass is 32.2. The molecule has 1 heteroatoms. The third-order valence-electron chi connectivity index (χ3n) is 3.69. The summed E-state index contributed by atoms with van der Waals surface area (Å²) in [4.78, 5) is 1.59. The molecule has 1 aliphatic carbocycles. The first kappa shape index (κ1) is 11.3. The molecule has 0 radical (unpaired) electrons. The van der Waals surface area contributed by atoms with Crippen molar-refractivity contribution in [2.45, 2.75) is 57.6 Å². The molecule has 0 N–H and O–H groups in total. The maximum Gasteiger partial charge on any atom is 0.0160 e. The van der Waals surface area contributed by atoms with Gasteiger partial charge >= 0.3 is 0 Å². The molecular formula is C14H22S. The van der Waals surface area contributed by atoms with Crippen LogP contribution in [0, 0.1) is 5.92 Å². The summed E-state index contributed by atoms with van der Waals surface area (Å²) in [5, 5.41) is 0.911. The average Bonchev–Trinajstić information content (AvgIpc) is 2.43. The molecule has 15 heavy (non-hydrogen) atoms. The van der Waals surface area contributed by atoms with E-state index in [4.69, 9.17) is 0 Å². The van der Waals surface area contributed by atoms with E-state index in [0.717, 1.165) is 11.2 Å². The number of fused-ring (bicyclic) bond motifs is 1. The summed E-state index contributed by atoms with van der Waals surface area (Å²) in [7, 11) is 0. The fourth-order valence-corrected chi connectivity index (χ4v) is 4.71. The zero-order valence-corrected chi connectivity index (χ0v) is 10.8. The van der Waals surface area contributed by atoms with Gasteiger partial charge in [-0.05, 0) is 32.1 Å². The lowest BCUT2D eigenvalue weighted by Crippen LogP contribution is -2.12. The molecule has 2 rings (SSSR count). The highest BCUT2D eigenvalue weighted by Crippen LogP contribution is 2.49. The standard InChI is InChI=1S/C14H22S/c1-3-8-13-11(4-2)12-9-6-5-7-10-14(12)15-13/h3,8,12,14H,4-7,9-10H2,1-2H3/b8-3-. The van der Waals surface area contributed by atoms with Crippen LogP contribution in [0.5, 0.6) is 0 Å². The van der Waals surface area contributed by atoms with Crippen molar-refractivity contribution in [2.75, 3.05) is 0 Å². The van der Waals surface area contributed by atoms with Crippen LogP contribution >= 0.6 is 11.8 Å². The number of hydrogen-bond acceptors (Lipinski definition) is 1. The van der Waals surface area contributed by atoms with E-state index in [0.29, 0.717) is 0 Å². The molecule has 1 heterocycles. The Morgan fingerprint density at radius 1 is 1.27 bits per heavy atom. The molecule has 1 aliphatic heterocycles. The van der Waals surface area contributed by atoms with Crippen LogP contribution in [-0.4, -0.2) is 5.25 Å². The highest BCUT2D eigenvalue weighted by molar-refractivity contribution is 8.04. The van der Waals surface area contributed by atoms with Gasteiger partial charge < -0.3 is 0 Å². The summed E-state index contributed by atoms with van der Waals surface area (Å²) in [5.74, 6) is 0.911. The minimum Gasteiger partial charge on any atom is -0.122 e. The molecule has 2 atom stereocenters. The Kier molecular flexibility index (Phi) is 3.96. The predicted molar refractivity (Wildman–Crippen MR) is 70.1 cm³/mol. The Morgan fingerprint density at radius 2 is 2.07 bits per heavy atom. The Labute approximate surface area is 98.2 Å². The minimum atomic E-state index is 0.911. The predicted octanol–water partition coefficient (Wildman–Crippen LogP) is 4.92. The summed E-state index contributed by atoms with van der Waals surface area (Å²) < 4.78 is 0. The van der Waals surface area contributed by atoms with Gasteiger partial charge in [0.15, 0.2) is 0 Å². The minimum absolute atomic E-state index is 0.911. The van der Waals surface area contributed by atoms with E-state index >= 15 is 0 Å². The van der Waals surface area contributed by atoms with Crippen molar-refractivity contribution in [1.82, 2.24) is 0 Å². The molecule has 0 saturated heterocycles. The first-order chi connectivity index (χ1) is 7.36. The molecule has 2 unspecified atom stereocenters. The van der Waals surface area contributed by atoms with E-state index in [9.17, 15) is 0 Å². The fourth-order valence-electron chi connectivity index (χ4n) is 2.97. The van der Waals surface area contributed by atoms with Gasteiger partial charge in [-0.1, -0.05) is 43.9 Å². The smallest absolute Gasteiger partial charge is 0.0160 e. The Hall–Kier alpha value is -0.170. The van der Waals surface area contributed by atoms with Gasteiger partial charge in [0.2, 0.25) is 0 Å². The molecular weight excluding hydrogens is 200 g/mol. The Balaban J connectivity index is 2.19. The van der Waals surface area contributed by atoms with Crippen molar-refractivity contribution in [1.29, 1.82) is 0 Å². The molecule has 0 aromatic heterocycles. The maximum atomic E-state index is 2.33. The summed E-state index contributed by atoms with van der Waals surface area (Å²) in [6, 6.07) is 0. The molecule has 84 valence electrons. The van der Waals surface area contributed by atoms with E-state index in [-0.39, 0.29) is 0 Å². The number of hydrogen-bond donors (Lipinski definition) is 0. The van der Waals surface area contributed by atoms with Gasteiger partial charge in [0.25, 0.3) is 0 Å². The molecule has 2 aliphatic rings. The fraction of sp³-hybridized carbons (Fsp3) is 0.714. The van der Waals surface area contributed by atoms with Gasteiger partial charge in [0, 0.05) is 10.2 Å². The van der Waals surface area contributed by atoms with E-state index in [2.05, 4.69) is 37.8 Å². The molecule has 0 spiro atoms. The molecule has 0 bridgehead atoms. The first-order valence-corrected chi connectivity index (χ1v) is 7.27. The van der Waals surface area contributed by atoms with Crippen molar-refractivity contribution < 1.29 is 0 Å². The second-order valence-corrected chi connectivity index (χ2v) is 5.92. The Bertz CT molecular complexity index is 275. The molecule has 1 fully saturated rings. The van der Waals surface area contributed by atoms with Gasteiger partial charge in [0.05, 0.1) is 0 Å². The van der Waals surface area contributed by atoms with Crippen molar-refractivity contribution in [3.8, 4) is 0 Å². The molecule has 0 aromatic rings. The van der Waals surface area contributed by atoms with E-state index in [1.807, 2.05) is 0 Å². The number of rotatable bonds is 2. The highest BCUT2D eigenvalue weighted by Gasteiger charge is 2.33. The Morgan fingerprint density at radius 3 is 2.80 bits per heavy atom. The topological polar surface area (TPSA) is 0 Å². The lowest BCUT2D eigenvalue weighted by atomic mass is 9.89. The second-order valence-electron chi connectivity index (χ2n) is 4.64. The van der Waals surface area contributed by atoms with Crippen LogP contribution < -0.4 is 0 Å². The zero-order chi connectivity index (χ0) is 10.7. The third-order valence-corrected chi connectivity index (χ3v) is 5.21. The molecule has 1 saturated carbocycles. The van der Waals surface area contributed by atoms with E-state index < -0.39 is 0 Å². The van der Waals surface area contributed by atoms with Crippen molar-refractivity contribution in [3.05, 3.63) is 22.6 Å². The van der Waals surface area contributed by atoms with Crippen LogP contribution in [0.25, 0.3) is 0 Å². The SMILES string of the molecule is C/C=C\C1=C(CC)C2CCCCCC2S1. The quantitative estimate of drug-likeness (QED) is 0.639. The molecule has 0 aromatic carbocycles. The van der Waals surface area contributed by atoms with Gasteiger partial charge in [-0.3, -0.25) is 0 Å². The van der Waals surface area contributed by atoms with Crippen molar-refractivity contribution >= 4 is 11.8 Å². The summed E-state index contributed by atoms with van der Waals surface area (Å²) in [6.07, 6.45) is 13.0. The lowest BCUT2D eigenvalue weighted by molar-refractivity contribution is 0.539. The average molecular weight is 222 g/mol. The van der Waals surface area contributed by atoms with Crippen LogP contribution in [0.15, 0.2) is 22.6 Å². The van der Waals surface area contributed by atoms with Gasteiger partial charge in [-0.15, -0.1) is 11.8 Å². The summed E-state index contributed by atoms with van der Waals surface area (Å²) in [5.41, 5.74) is 1.75. The van der Waals surface area contributed by atoms with Crippen LogP contribution in [0.4, 0.5) is 0 Å². The molecule has 0 amide bonds. The normalized spacial score (nSPS) is 32.1. The van der Waals surface area contributed by atoms with Crippen molar-refractivity contribution in [3.63, 3.8) is 0 Å². The number of thioether (sulfide) groups is 1. The van der Waals surface area contributed by atoms with Crippen LogP contribution in [0.2, 0.25) is 0 Å². The largest absolute Gasteiger partial charge is 0.122 e. The van der Waals surface area contributed by atoms with Gasteiger partial charge in [-0.25, -0.2) is 0 Å².